The number of hydrogen-bond acceptors (Lipinski definition) is 3. The van der Waals surface area contributed by atoms with Crippen LogP contribution in [-0.4, -0.2) is 42.8 Å². The average Bonchev–Trinajstić information content (AvgIpc) is 2.93. The van der Waals surface area contributed by atoms with Gasteiger partial charge in [0.15, 0.2) is 0 Å². The summed E-state index contributed by atoms with van der Waals surface area (Å²) in [5.41, 5.74) is -2.00. The van der Waals surface area contributed by atoms with Gasteiger partial charge in [-0.2, -0.15) is 13.2 Å². The average molecular weight is 662 g/mol. The number of alkyl halides is 7. The first-order chi connectivity index (χ1) is 19.4. The standard InChI is InChI=1S/C18H22F5NO2.C12H14ClF2N.ClH/c1-16(2,3)26-15(25)24-10-8-13(9-11-24)17(19,20)12-4-6-14(7-5-12)18(21,22)23;13-11-3-1-9(2-4-11)12(14,15)10-5-7-16-8-6-10;/h4-7,13H,8-11H2,1-3H3;1-4,10,16H,5-8H2;1H. The van der Waals surface area contributed by atoms with Gasteiger partial charge in [0.2, 0.25) is 0 Å². The number of halogens is 9. The van der Waals surface area contributed by atoms with Crippen LogP contribution in [0.15, 0.2) is 48.5 Å². The molecule has 2 aromatic rings. The molecule has 2 aliphatic heterocycles. The molecule has 0 atom stereocenters. The van der Waals surface area contributed by atoms with Crippen molar-refractivity contribution in [2.45, 2.75) is 70.1 Å². The number of benzene rings is 2. The summed E-state index contributed by atoms with van der Waals surface area (Å²) in [6.45, 7) is 6.75. The Morgan fingerprint density at radius 3 is 1.56 bits per heavy atom. The lowest BCUT2D eigenvalue weighted by atomic mass is 9.86. The zero-order chi connectivity index (χ0) is 31.3. The molecule has 0 spiro atoms. The van der Waals surface area contributed by atoms with Crippen LogP contribution >= 0.6 is 24.0 Å². The summed E-state index contributed by atoms with van der Waals surface area (Å²) in [6, 6.07) is 8.86. The smallest absolute Gasteiger partial charge is 0.416 e. The van der Waals surface area contributed by atoms with Crippen molar-refractivity contribution in [2.75, 3.05) is 26.2 Å². The van der Waals surface area contributed by atoms with Crippen LogP contribution in [0.2, 0.25) is 5.02 Å². The number of rotatable bonds is 4. The lowest BCUT2D eigenvalue weighted by Crippen LogP contribution is -2.44. The molecule has 13 heteroatoms. The second kappa shape index (κ2) is 14.7. The summed E-state index contributed by atoms with van der Waals surface area (Å²) in [6.07, 6.45) is -3.97. The second-order valence-corrected chi connectivity index (χ2v) is 12.0. The predicted octanol–water partition coefficient (Wildman–Crippen LogP) is 9.30. The van der Waals surface area contributed by atoms with Crippen molar-refractivity contribution in [3.05, 3.63) is 70.2 Å². The van der Waals surface area contributed by atoms with E-state index < -0.39 is 52.7 Å². The van der Waals surface area contributed by atoms with Gasteiger partial charge in [-0.15, -0.1) is 12.4 Å². The number of piperidine rings is 2. The van der Waals surface area contributed by atoms with Gasteiger partial charge in [0, 0.05) is 41.1 Å². The van der Waals surface area contributed by atoms with E-state index in [1.165, 1.54) is 29.2 Å². The number of nitrogens with one attached hydrogen (secondary N) is 1. The summed E-state index contributed by atoms with van der Waals surface area (Å²) in [4.78, 5) is 13.4. The van der Waals surface area contributed by atoms with E-state index in [2.05, 4.69) is 5.32 Å². The van der Waals surface area contributed by atoms with Crippen LogP contribution in [0.25, 0.3) is 0 Å². The molecule has 1 amide bonds. The highest BCUT2D eigenvalue weighted by atomic mass is 35.5. The van der Waals surface area contributed by atoms with Crippen LogP contribution in [0.5, 0.6) is 0 Å². The summed E-state index contributed by atoms with van der Waals surface area (Å²) in [5.74, 6) is -7.61. The number of carbonyl (C=O) groups is 1. The van der Waals surface area contributed by atoms with Crippen molar-refractivity contribution in [1.29, 1.82) is 0 Å². The Morgan fingerprint density at radius 1 is 0.744 bits per heavy atom. The SMILES string of the molecule is CC(C)(C)OC(=O)N1CCC(C(F)(F)c2ccc(C(F)(F)F)cc2)CC1.Cl.FC(F)(c1ccc(Cl)cc1)C1CCNCC1. The molecular weight excluding hydrogens is 624 g/mol. The predicted molar refractivity (Wildman–Crippen MR) is 154 cm³/mol. The van der Waals surface area contributed by atoms with Gasteiger partial charge in [-0.1, -0.05) is 35.9 Å². The zero-order valence-electron chi connectivity index (χ0n) is 24.1. The first kappa shape index (κ1) is 36.9. The Bertz CT molecular complexity index is 1160. The number of amides is 1. The first-order valence-corrected chi connectivity index (χ1v) is 14.2. The third kappa shape index (κ3) is 10.1. The Labute approximate surface area is 258 Å². The molecule has 4 nitrogen and oxygen atoms in total. The third-order valence-electron chi connectivity index (χ3n) is 7.34. The molecule has 0 saturated carbocycles. The van der Waals surface area contributed by atoms with E-state index in [4.69, 9.17) is 16.3 Å². The van der Waals surface area contributed by atoms with Crippen LogP contribution in [0, 0.1) is 11.8 Å². The van der Waals surface area contributed by atoms with Crippen LogP contribution in [0.1, 0.15) is 63.1 Å². The minimum Gasteiger partial charge on any atom is -0.444 e. The van der Waals surface area contributed by atoms with Gasteiger partial charge < -0.3 is 15.0 Å². The van der Waals surface area contributed by atoms with Gasteiger partial charge in [0.1, 0.15) is 5.60 Å². The Morgan fingerprint density at radius 2 is 1.14 bits per heavy atom. The molecule has 2 aromatic carbocycles. The van der Waals surface area contributed by atoms with E-state index >= 15 is 0 Å². The summed E-state index contributed by atoms with van der Waals surface area (Å²) >= 11 is 5.69. The summed E-state index contributed by atoms with van der Waals surface area (Å²) < 4.78 is 100. The van der Waals surface area contributed by atoms with Gasteiger partial charge >= 0.3 is 12.3 Å². The van der Waals surface area contributed by atoms with Gasteiger partial charge in [0.25, 0.3) is 11.8 Å². The molecule has 4 rings (SSSR count). The lowest BCUT2D eigenvalue weighted by molar-refractivity contribution is -0.137. The van der Waals surface area contributed by atoms with Crippen molar-refractivity contribution < 1.29 is 40.3 Å². The van der Waals surface area contributed by atoms with Gasteiger partial charge in [0.05, 0.1) is 5.56 Å². The van der Waals surface area contributed by atoms with Gasteiger partial charge in [-0.05, 0) is 83.8 Å². The van der Waals surface area contributed by atoms with Crippen molar-refractivity contribution in [1.82, 2.24) is 10.2 Å². The highest BCUT2D eigenvalue weighted by Gasteiger charge is 2.44. The summed E-state index contributed by atoms with van der Waals surface area (Å²) in [7, 11) is 0. The van der Waals surface area contributed by atoms with Crippen molar-refractivity contribution in [3.63, 3.8) is 0 Å². The molecule has 43 heavy (non-hydrogen) atoms. The van der Waals surface area contributed by atoms with Crippen molar-refractivity contribution in [2.24, 2.45) is 11.8 Å². The number of likely N-dealkylation sites (tertiary alicyclic amines) is 1. The normalized spacial score (nSPS) is 17.4. The quantitative estimate of drug-likeness (QED) is 0.332. The minimum absolute atomic E-state index is 0. The van der Waals surface area contributed by atoms with E-state index in [0.29, 0.717) is 43.1 Å². The van der Waals surface area contributed by atoms with Crippen LogP contribution in [0.3, 0.4) is 0 Å². The molecule has 2 fully saturated rings. The fourth-order valence-corrected chi connectivity index (χ4v) is 5.09. The van der Waals surface area contributed by atoms with E-state index in [1.807, 2.05) is 0 Å². The largest absolute Gasteiger partial charge is 0.444 e. The lowest BCUT2D eigenvalue weighted by Gasteiger charge is -2.36. The molecule has 0 bridgehead atoms. The van der Waals surface area contributed by atoms with Crippen LogP contribution < -0.4 is 5.32 Å². The number of nitrogens with zero attached hydrogens (tertiary/aromatic N) is 1. The molecule has 0 radical (unpaired) electrons. The maximum absolute atomic E-state index is 14.7. The molecule has 0 aromatic heterocycles. The zero-order valence-corrected chi connectivity index (χ0v) is 25.7. The molecule has 2 aliphatic rings. The molecular formula is C30H37Cl2F7N2O2. The Balaban J connectivity index is 0.000000325. The molecule has 1 N–H and O–H groups in total. The molecule has 0 unspecified atom stereocenters. The highest BCUT2D eigenvalue weighted by molar-refractivity contribution is 6.30. The third-order valence-corrected chi connectivity index (χ3v) is 7.59. The Kier molecular flexibility index (Phi) is 12.6. The molecule has 2 saturated heterocycles. The highest BCUT2D eigenvalue weighted by Crippen LogP contribution is 2.43. The van der Waals surface area contributed by atoms with Gasteiger partial charge in [-0.25, -0.2) is 22.4 Å². The monoisotopic (exact) mass is 660 g/mol. The number of hydrogen-bond donors (Lipinski definition) is 1. The maximum Gasteiger partial charge on any atom is 0.416 e. The summed E-state index contributed by atoms with van der Waals surface area (Å²) in [5, 5.41) is 3.58. The molecule has 242 valence electrons. The number of ether oxygens (including phenoxy) is 1. The van der Waals surface area contributed by atoms with E-state index in [0.717, 1.165) is 12.1 Å². The second-order valence-electron chi connectivity index (χ2n) is 11.6. The van der Waals surface area contributed by atoms with Gasteiger partial charge in [-0.3, -0.25) is 0 Å². The maximum atomic E-state index is 14.7. The fourth-order valence-electron chi connectivity index (χ4n) is 4.96. The van der Waals surface area contributed by atoms with Crippen LogP contribution in [0.4, 0.5) is 35.5 Å². The molecule has 2 heterocycles. The molecule has 0 aliphatic carbocycles. The minimum atomic E-state index is -4.56. The van der Waals surface area contributed by atoms with E-state index in [1.54, 1.807) is 20.8 Å². The van der Waals surface area contributed by atoms with Crippen LogP contribution in [-0.2, 0) is 22.8 Å². The number of carbonyl (C=O) groups excluding carboxylic acids is 1. The fraction of sp³-hybridized carbons (Fsp3) is 0.567. The van der Waals surface area contributed by atoms with E-state index in [-0.39, 0.29) is 43.9 Å². The Hall–Kier alpha value is -2.24. The first-order valence-electron chi connectivity index (χ1n) is 13.8. The van der Waals surface area contributed by atoms with Crippen molar-refractivity contribution in [3.8, 4) is 0 Å². The van der Waals surface area contributed by atoms with E-state index in [9.17, 15) is 35.5 Å². The topological polar surface area (TPSA) is 41.6 Å². The van der Waals surface area contributed by atoms with Crippen molar-refractivity contribution >= 4 is 30.1 Å².